The zero-order chi connectivity index (χ0) is 17.9. The van der Waals surface area contributed by atoms with Gasteiger partial charge in [-0.3, -0.25) is 0 Å². The lowest BCUT2D eigenvalue weighted by Gasteiger charge is -1.98. The molecular weight excluding hydrogens is 294 g/mol. The van der Waals surface area contributed by atoms with E-state index in [9.17, 15) is 0 Å². The fourth-order valence-corrected chi connectivity index (χ4v) is 2.88. The van der Waals surface area contributed by atoms with Gasteiger partial charge in [-0.25, -0.2) is 0 Å². The maximum Gasteiger partial charge on any atom is 0.134 e. The predicted octanol–water partition coefficient (Wildman–Crippen LogP) is 4.35. The van der Waals surface area contributed by atoms with E-state index in [4.69, 9.17) is 4.42 Å². The lowest BCUT2D eigenvalue weighted by Crippen LogP contribution is -2.20. The van der Waals surface area contributed by atoms with E-state index in [0.717, 1.165) is 16.5 Å². The Kier molecular flexibility index (Phi) is 5.30. The fourth-order valence-electron chi connectivity index (χ4n) is 2.88. The molecule has 0 saturated heterocycles. The highest BCUT2D eigenvalue weighted by atomic mass is 16.3. The Morgan fingerprint density at radius 1 is 1.00 bits per heavy atom. The van der Waals surface area contributed by atoms with E-state index in [-0.39, 0.29) is 0 Å². The summed E-state index contributed by atoms with van der Waals surface area (Å²) in [4.78, 5) is 0. The average molecular weight is 319 g/mol. The molecule has 0 N–H and O–H groups in total. The number of hydrogen-bond acceptors (Lipinski definition) is 1. The molecule has 0 aliphatic rings. The van der Waals surface area contributed by atoms with Gasteiger partial charge in [0.2, 0.25) is 0 Å². The third kappa shape index (κ3) is 3.00. The van der Waals surface area contributed by atoms with Crippen LogP contribution in [0.25, 0.3) is 30.9 Å². The molecule has 0 aliphatic carbocycles. The molecule has 0 radical (unpaired) electrons. The zero-order valence-electron chi connectivity index (χ0n) is 15.0. The van der Waals surface area contributed by atoms with Crippen molar-refractivity contribution in [2.24, 2.45) is 7.05 Å². The average Bonchev–Trinajstić information content (AvgIpc) is 2.97. The van der Waals surface area contributed by atoms with Crippen LogP contribution >= 0.6 is 0 Å². The molecule has 2 aromatic heterocycles. The van der Waals surface area contributed by atoms with Gasteiger partial charge in [-0.05, 0) is 32.9 Å². The Labute approximate surface area is 144 Å². The molecule has 0 saturated carbocycles. The van der Waals surface area contributed by atoms with Gasteiger partial charge in [-0.15, -0.1) is 0 Å². The summed E-state index contributed by atoms with van der Waals surface area (Å²) in [6, 6.07) is 0. The number of allylic oxidation sites excluding steroid dienone is 3. The van der Waals surface area contributed by atoms with Crippen molar-refractivity contribution in [3.05, 3.63) is 75.9 Å². The molecule has 2 rings (SSSR count). The van der Waals surface area contributed by atoms with E-state index in [2.05, 4.69) is 57.4 Å². The lowest BCUT2D eigenvalue weighted by molar-refractivity contribution is 0.523. The number of hydrogen-bond donors (Lipinski definition) is 0. The van der Waals surface area contributed by atoms with E-state index < -0.39 is 0 Å². The highest BCUT2D eigenvalue weighted by Gasteiger charge is 2.13. The third-order valence-electron chi connectivity index (χ3n) is 4.37. The van der Waals surface area contributed by atoms with Crippen LogP contribution in [0.1, 0.15) is 40.8 Å². The minimum Gasteiger partial charge on any atom is -0.457 e. The predicted molar refractivity (Wildman–Crippen MR) is 106 cm³/mol. The molecule has 2 heteroatoms. The largest absolute Gasteiger partial charge is 0.457 e. The van der Waals surface area contributed by atoms with Crippen LogP contribution in [0.3, 0.4) is 0 Å². The summed E-state index contributed by atoms with van der Waals surface area (Å²) in [6.07, 6.45) is 13.7. The van der Waals surface area contributed by atoms with E-state index >= 15 is 0 Å². The van der Waals surface area contributed by atoms with Crippen LogP contribution in [0.15, 0.2) is 35.8 Å². The molecular formula is C22H25NO. The van der Waals surface area contributed by atoms with Crippen molar-refractivity contribution in [2.75, 3.05) is 0 Å². The van der Waals surface area contributed by atoms with E-state index in [1.165, 1.54) is 22.5 Å². The molecule has 0 aromatic carbocycles. The van der Waals surface area contributed by atoms with Gasteiger partial charge >= 0.3 is 0 Å². The summed E-state index contributed by atoms with van der Waals surface area (Å²) >= 11 is 0. The van der Waals surface area contributed by atoms with E-state index in [0.29, 0.717) is 5.42 Å². The highest BCUT2D eigenvalue weighted by molar-refractivity contribution is 5.73. The van der Waals surface area contributed by atoms with Gasteiger partial charge < -0.3 is 8.98 Å². The van der Waals surface area contributed by atoms with Crippen molar-refractivity contribution in [1.29, 1.82) is 0 Å². The van der Waals surface area contributed by atoms with Gasteiger partial charge in [0, 0.05) is 40.3 Å². The second-order valence-corrected chi connectivity index (χ2v) is 5.72. The van der Waals surface area contributed by atoms with Crippen molar-refractivity contribution in [3.8, 4) is 0 Å². The van der Waals surface area contributed by atoms with Gasteiger partial charge in [0.05, 0.1) is 0 Å². The minimum atomic E-state index is 0.651. The van der Waals surface area contributed by atoms with Crippen LogP contribution in [0.2, 0.25) is 0 Å². The number of rotatable bonds is 5. The number of furan rings is 1. The maximum atomic E-state index is 5.76. The van der Waals surface area contributed by atoms with E-state index in [1.54, 1.807) is 12.2 Å². The Morgan fingerprint density at radius 3 is 2.25 bits per heavy atom. The minimum absolute atomic E-state index is 0.651. The SMILES string of the molecule is C=C/C=C\c1c(/C=c2/c(/C=C\C)c(C=C)oc2=C)c(C)n(C)c1C. The summed E-state index contributed by atoms with van der Waals surface area (Å²) in [7, 11) is 2.08. The Balaban J connectivity index is 2.87. The van der Waals surface area contributed by atoms with Crippen molar-refractivity contribution >= 4 is 30.9 Å². The van der Waals surface area contributed by atoms with Gasteiger partial charge in [0.15, 0.2) is 0 Å². The molecule has 24 heavy (non-hydrogen) atoms. The standard InChI is InChI=1S/C22H25NO/c1-8-11-13-18-15(4)23(7)16(5)20(18)14-21-17(6)24-22(10-3)19(21)12-9-2/h8-14H,1,3,6H2,2,4-5,7H3/b12-9-,13-11-,21-14+. The first-order valence-corrected chi connectivity index (χ1v) is 7.99. The normalized spacial score (nSPS) is 12.6. The van der Waals surface area contributed by atoms with Crippen molar-refractivity contribution < 1.29 is 4.42 Å². The van der Waals surface area contributed by atoms with Crippen LogP contribution < -0.4 is 10.6 Å². The molecule has 124 valence electrons. The topological polar surface area (TPSA) is 18.1 Å². The number of nitrogens with zero attached hydrogens (tertiary/aromatic N) is 1. The molecule has 0 spiro atoms. The molecule has 0 atom stereocenters. The monoisotopic (exact) mass is 319 g/mol. The molecule has 2 aromatic rings. The van der Waals surface area contributed by atoms with Gasteiger partial charge in [-0.1, -0.05) is 50.1 Å². The van der Waals surface area contributed by atoms with Crippen molar-refractivity contribution in [3.63, 3.8) is 0 Å². The first kappa shape index (κ1) is 17.6. The van der Waals surface area contributed by atoms with Gasteiger partial charge in [0.1, 0.15) is 11.2 Å². The molecule has 0 fully saturated rings. The maximum absolute atomic E-state index is 5.76. The quantitative estimate of drug-likeness (QED) is 0.749. The van der Waals surface area contributed by atoms with Crippen LogP contribution in [-0.2, 0) is 7.05 Å². The molecule has 2 nitrogen and oxygen atoms in total. The third-order valence-corrected chi connectivity index (χ3v) is 4.37. The fraction of sp³-hybridized carbons (Fsp3) is 0.182. The van der Waals surface area contributed by atoms with Crippen LogP contribution in [0, 0.1) is 13.8 Å². The summed E-state index contributed by atoms with van der Waals surface area (Å²) in [5.41, 5.74) is 6.42. The van der Waals surface area contributed by atoms with Crippen LogP contribution in [0.4, 0.5) is 0 Å². The Morgan fingerprint density at radius 2 is 1.67 bits per heavy atom. The van der Waals surface area contributed by atoms with Gasteiger partial charge in [-0.2, -0.15) is 0 Å². The highest BCUT2D eigenvalue weighted by Crippen LogP contribution is 2.23. The number of aromatic nitrogens is 1. The Hall–Kier alpha value is -2.74. The lowest BCUT2D eigenvalue weighted by atomic mass is 10.0. The first-order chi connectivity index (χ1) is 11.5. The van der Waals surface area contributed by atoms with E-state index in [1.807, 2.05) is 25.2 Å². The molecule has 0 unspecified atom stereocenters. The van der Waals surface area contributed by atoms with Crippen molar-refractivity contribution in [1.82, 2.24) is 4.57 Å². The zero-order valence-corrected chi connectivity index (χ0v) is 15.0. The van der Waals surface area contributed by atoms with Crippen LogP contribution in [-0.4, -0.2) is 4.57 Å². The molecule has 0 amide bonds. The smallest absolute Gasteiger partial charge is 0.134 e. The van der Waals surface area contributed by atoms with Crippen LogP contribution in [0.5, 0.6) is 0 Å². The second-order valence-electron chi connectivity index (χ2n) is 5.72. The summed E-state index contributed by atoms with van der Waals surface area (Å²) in [6.45, 7) is 17.9. The Bertz CT molecular complexity index is 945. The molecule has 2 heterocycles. The summed E-state index contributed by atoms with van der Waals surface area (Å²) < 4.78 is 7.96. The molecule has 0 aliphatic heterocycles. The first-order valence-electron chi connectivity index (χ1n) is 7.99. The molecule has 0 bridgehead atoms. The summed E-state index contributed by atoms with van der Waals surface area (Å²) in [5.74, 6) is 0.748. The summed E-state index contributed by atoms with van der Waals surface area (Å²) in [5, 5.41) is 0.991. The second kappa shape index (κ2) is 7.22. The van der Waals surface area contributed by atoms with Gasteiger partial charge in [0.25, 0.3) is 0 Å². The van der Waals surface area contributed by atoms with Crippen molar-refractivity contribution in [2.45, 2.75) is 20.8 Å².